The van der Waals surface area contributed by atoms with Gasteiger partial charge in [-0.25, -0.2) is 4.39 Å². The maximum atomic E-state index is 12.9. The van der Waals surface area contributed by atoms with Gasteiger partial charge in [-0.15, -0.1) is 0 Å². The van der Waals surface area contributed by atoms with E-state index in [0.29, 0.717) is 17.2 Å². The van der Waals surface area contributed by atoms with E-state index in [1.165, 1.54) is 12.1 Å². The Bertz CT molecular complexity index is 643. The van der Waals surface area contributed by atoms with Crippen LogP contribution in [0, 0.1) is 5.82 Å². The Balaban J connectivity index is 1.99. The van der Waals surface area contributed by atoms with Gasteiger partial charge in [-0.05, 0) is 55.3 Å². The van der Waals surface area contributed by atoms with Gasteiger partial charge in [-0.2, -0.15) is 0 Å². The normalized spacial score (nSPS) is 13.2. The van der Waals surface area contributed by atoms with Gasteiger partial charge >= 0.3 is 0 Å². The van der Waals surface area contributed by atoms with Gasteiger partial charge in [0.25, 0.3) is 5.91 Å². The third-order valence-corrected chi connectivity index (χ3v) is 3.74. The Kier molecular flexibility index (Phi) is 5.99. The number of nitrogens with one attached hydrogen (secondary N) is 1. The average Bonchev–Trinajstić information content (AvgIpc) is 2.54. The molecule has 0 aliphatic carbocycles. The van der Waals surface area contributed by atoms with Crippen LogP contribution in [0.4, 0.5) is 4.39 Å². The highest BCUT2D eigenvalue weighted by atomic mass is 35.5. The summed E-state index contributed by atoms with van der Waals surface area (Å²) < 4.78 is 18.7. The van der Waals surface area contributed by atoms with E-state index in [-0.39, 0.29) is 17.8 Å². The van der Waals surface area contributed by atoms with E-state index < -0.39 is 6.10 Å². The molecule has 0 saturated heterocycles. The van der Waals surface area contributed by atoms with E-state index >= 15 is 0 Å². The minimum atomic E-state index is -0.598. The fourth-order valence-electron chi connectivity index (χ4n) is 2.14. The lowest BCUT2D eigenvalue weighted by molar-refractivity contribution is -0.128. The number of amides is 1. The minimum Gasteiger partial charge on any atom is -0.481 e. The first-order valence-corrected chi connectivity index (χ1v) is 7.85. The predicted molar refractivity (Wildman–Crippen MR) is 89.1 cm³/mol. The molecule has 2 atom stereocenters. The zero-order valence-corrected chi connectivity index (χ0v) is 13.8. The molecule has 0 radical (unpaired) electrons. The Morgan fingerprint density at radius 3 is 2.35 bits per heavy atom. The van der Waals surface area contributed by atoms with Crippen molar-refractivity contribution in [3.05, 3.63) is 64.9 Å². The van der Waals surface area contributed by atoms with Crippen molar-refractivity contribution in [2.45, 2.75) is 32.4 Å². The lowest BCUT2D eigenvalue weighted by Gasteiger charge is -2.21. The number of benzene rings is 2. The summed E-state index contributed by atoms with van der Waals surface area (Å²) in [5.74, 6) is 0.0786. The van der Waals surface area contributed by atoms with Crippen molar-refractivity contribution in [1.29, 1.82) is 0 Å². The number of rotatable bonds is 6. The fourth-order valence-corrected chi connectivity index (χ4v) is 2.27. The third kappa shape index (κ3) is 4.96. The Morgan fingerprint density at radius 1 is 1.17 bits per heavy atom. The zero-order valence-electron chi connectivity index (χ0n) is 13.1. The standard InChI is InChI=1S/C18H19ClFNO2/c1-3-17(23-16-10-6-14(19)7-11-16)18(22)21-12(2)13-4-8-15(20)9-5-13/h4-12,17H,3H2,1-2H3,(H,21,22)/t12-,17+/m0/s1. The molecule has 0 fully saturated rings. The summed E-state index contributed by atoms with van der Waals surface area (Å²) in [5.41, 5.74) is 0.834. The van der Waals surface area contributed by atoms with Gasteiger partial charge < -0.3 is 10.1 Å². The Hall–Kier alpha value is -2.07. The Labute approximate surface area is 140 Å². The molecule has 0 aliphatic heterocycles. The van der Waals surface area contributed by atoms with Crippen LogP contribution >= 0.6 is 11.6 Å². The molecule has 1 N–H and O–H groups in total. The van der Waals surface area contributed by atoms with Gasteiger partial charge in [0.1, 0.15) is 11.6 Å². The lowest BCUT2D eigenvalue weighted by atomic mass is 10.1. The Morgan fingerprint density at radius 2 is 1.78 bits per heavy atom. The monoisotopic (exact) mass is 335 g/mol. The van der Waals surface area contributed by atoms with E-state index in [2.05, 4.69) is 5.32 Å². The fraction of sp³-hybridized carbons (Fsp3) is 0.278. The van der Waals surface area contributed by atoms with Crippen LogP contribution in [-0.2, 0) is 4.79 Å². The molecule has 23 heavy (non-hydrogen) atoms. The first-order chi connectivity index (χ1) is 11.0. The first-order valence-electron chi connectivity index (χ1n) is 7.47. The van der Waals surface area contributed by atoms with Crippen LogP contribution in [0.15, 0.2) is 48.5 Å². The van der Waals surface area contributed by atoms with Crippen LogP contribution in [0.2, 0.25) is 5.02 Å². The maximum absolute atomic E-state index is 12.9. The highest BCUT2D eigenvalue weighted by Crippen LogP contribution is 2.19. The second kappa shape index (κ2) is 7.97. The molecule has 122 valence electrons. The predicted octanol–water partition coefficient (Wildman–Crippen LogP) is 4.51. The van der Waals surface area contributed by atoms with Crippen LogP contribution in [0.3, 0.4) is 0 Å². The molecule has 0 bridgehead atoms. The van der Waals surface area contributed by atoms with Crippen LogP contribution in [-0.4, -0.2) is 12.0 Å². The molecule has 0 heterocycles. The first kappa shape index (κ1) is 17.3. The van der Waals surface area contributed by atoms with Crippen LogP contribution < -0.4 is 10.1 Å². The molecule has 0 aromatic heterocycles. The number of carbonyl (C=O) groups is 1. The molecule has 0 saturated carbocycles. The van der Waals surface area contributed by atoms with E-state index in [0.717, 1.165) is 5.56 Å². The smallest absolute Gasteiger partial charge is 0.261 e. The van der Waals surface area contributed by atoms with Gasteiger partial charge in [0, 0.05) is 5.02 Å². The molecular weight excluding hydrogens is 317 g/mol. The van der Waals surface area contributed by atoms with Crippen molar-refractivity contribution in [2.75, 3.05) is 0 Å². The van der Waals surface area contributed by atoms with E-state index in [4.69, 9.17) is 16.3 Å². The van der Waals surface area contributed by atoms with Gasteiger partial charge in [-0.3, -0.25) is 4.79 Å². The summed E-state index contributed by atoms with van der Waals surface area (Å²) in [7, 11) is 0. The van der Waals surface area contributed by atoms with Crippen LogP contribution in [0.5, 0.6) is 5.75 Å². The molecule has 5 heteroatoms. The van der Waals surface area contributed by atoms with Crippen molar-refractivity contribution in [1.82, 2.24) is 5.32 Å². The number of hydrogen-bond donors (Lipinski definition) is 1. The van der Waals surface area contributed by atoms with E-state index in [1.807, 2.05) is 13.8 Å². The molecule has 0 aliphatic rings. The topological polar surface area (TPSA) is 38.3 Å². The van der Waals surface area contributed by atoms with Gasteiger partial charge in [0.2, 0.25) is 0 Å². The number of halogens is 2. The minimum absolute atomic E-state index is 0.209. The van der Waals surface area contributed by atoms with Gasteiger partial charge in [0.15, 0.2) is 6.10 Å². The summed E-state index contributed by atoms with van der Waals surface area (Å²) in [6, 6.07) is 12.7. The number of carbonyl (C=O) groups excluding carboxylic acids is 1. The van der Waals surface area contributed by atoms with E-state index in [9.17, 15) is 9.18 Å². The van der Waals surface area contributed by atoms with Crippen LogP contribution in [0.1, 0.15) is 31.9 Å². The number of hydrogen-bond acceptors (Lipinski definition) is 2. The average molecular weight is 336 g/mol. The molecule has 0 unspecified atom stereocenters. The SMILES string of the molecule is CC[C@@H](Oc1ccc(Cl)cc1)C(=O)N[C@@H](C)c1ccc(F)cc1. The maximum Gasteiger partial charge on any atom is 0.261 e. The van der Waals surface area contributed by atoms with Crippen molar-refractivity contribution in [3.8, 4) is 5.75 Å². The molecule has 2 aromatic carbocycles. The second-order valence-corrected chi connectivity index (χ2v) is 5.69. The largest absolute Gasteiger partial charge is 0.481 e. The van der Waals surface area contributed by atoms with Crippen molar-refractivity contribution in [2.24, 2.45) is 0 Å². The summed E-state index contributed by atoms with van der Waals surface area (Å²) in [5, 5.41) is 3.50. The second-order valence-electron chi connectivity index (χ2n) is 5.25. The molecule has 1 amide bonds. The lowest BCUT2D eigenvalue weighted by Crippen LogP contribution is -2.39. The van der Waals surface area contributed by atoms with Gasteiger partial charge in [-0.1, -0.05) is 30.7 Å². The highest BCUT2D eigenvalue weighted by molar-refractivity contribution is 6.30. The quantitative estimate of drug-likeness (QED) is 0.843. The summed E-state index contributed by atoms with van der Waals surface area (Å²) in [6.07, 6.45) is -0.0657. The molecule has 2 aromatic rings. The summed E-state index contributed by atoms with van der Waals surface area (Å²) >= 11 is 5.83. The summed E-state index contributed by atoms with van der Waals surface area (Å²) in [4.78, 5) is 12.4. The number of ether oxygens (including phenoxy) is 1. The van der Waals surface area contributed by atoms with Crippen LogP contribution in [0.25, 0.3) is 0 Å². The molecule has 3 nitrogen and oxygen atoms in total. The van der Waals surface area contributed by atoms with Crippen molar-refractivity contribution < 1.29 is 13.9 Å². The van der Waals surface area contributed by atoms with Crippen molar-refractivity contribution >= 4 is 17.5 Å². The van der Waals surface area contributed by atoms with Crippen molar-refractivity contribution in [3.63, 3.8) is 0 Å². The molecule has 2 rings (SSSR count). The third-order valence-electron chi connectivity index (χ3n) is 3.48. The zero-order chi connectivity index (χ0) is 16.8. The van der Waals surface area contributed by atoms with Gasteiger partial charge in [0.05, 0.1) is 6.04 Å². The highest BCUT2D eigenvalue weighted by Gasteiger charge is 2.20. The molecular formula is C18H19ClFNO2. The summed E-state index contributed by atoms with van der Waals surface area (Å²) in [6.45, 7) is 3.73. The van der Waals surface area contributed by atoms with E-state index in [1.54, 1.807) is 36.4 Å². The molecule has 0 spiro atoms.